The summed E-state index contributed by atoms with van der Waals surface area (Å²) in [5.74, 6) is -1.21. The average Bonchev–Trinajstić information content (AvgIpc) is 2.75. The first kappa shape index (κ1) is 12.4. The van der Waals surface area contributed by atoms with E-state index in [-0.39, 0.29) is 17.1 Å². The Bertz CT molecular complexity index is 800. The van der Waals surface area contributed by atoms with Gasteiger partial charge in [-0.1, -0.05) is 6.07 Å². The third kappa shape index (κ3) is 1.95. The normalized spacial score (nSPS) is 10.9. The SMILES string of the molecule is Cc1ccc2c(O)c(C(=O)c3ccc(F)cc3)oc2c1. The largest absolute Gasteiger partial charge is 0.504 e. The van der Waals surface area contributed by atoms with E-state index in [1.54, 1.807) is 12.1 Å². The molecule has 0 aliphatic heterocycles. The molecule has 0 saturated carbocycles. The zero-order chi connectivity index (χ0) is 14.3. The molecule has 2 aromatic carbocycles. The van der Waals surface area contributed by atoms with Gasteiger partial charge in [0.15, 0.2) is 5.75 Å². The molecule has 3 nitrogen and oxygen atoms in total. The van der Waals surface area contributed by atoms with E-state index >= 15 is 0 Å². The minimum absolute atomic E-state index is 0.128. The minimum atomic E-state index is -0.476. The van der Waals surface area contributed by atoms with Crippen LogP contribution in [0, 0.1) is 12.7 Å². The molecule has 0 aliphatic carbocycles. The van der Waals surface area contributed by atoms with Crippen LogP contribution in [-0.2, 0) is 0 Å². The summed E-state index contributed by atoms with van der Waals surface area (Å²) in [5.41, 5.74) is 1.68. The smallest absolute Gasteiger partial charge is 0.232 e. The van der Waals surface area contributed by atoms with Crippen molar-refractivity contribution in [2.45, 2.75) is 6.92 Å². The van der Waals surface area contributed by atoms with Gasteiger partial charge in [-0.3, -0.25) is 4.79 Å². The monoisotopic (exact) mass is 270 g/mol. The first-order valence-electron chi connectivity index (χ1n) is 6.08. The van der Waals surface area contributed by atoms with Crippen LogP contribution in [0.1, 0.15) is 21.7 Å². The van der Waals surface area contributed by atoms with E-state index in [0.29, 0.717) is 11.0 Å². The Morgan fingerprint density at radius 3 is 2.55 bits per heavy atom. The number of aromatic hydroxyl groups is 1. The standard InChI is InChI=1S/C16H11FO3/c1-9-2-7-12-13(8-9)20-16(15(12)19)14(18)10-3-5-11(17)6-4-10/h2-8,19H,1H3. The predicted molar refractivity (Wildman–Crippen MR) is 72.4 cm³/mol. The molecule has 0 saturated heterocycles. The van der Waals surface area contributed by atoms with Gasteiger partial charge >= 0.3 is 0 Å². The van der Waals surface area contributed by atoms with Crippen LogP contribution in [0.2, 0.25) is 0 Å². The quantitative estimate of drug-likeness (QED) is 0.720. The fourth-order valence-corrected chi connectivity index (χ4v) is 2.08. The number of benzene rings is 2. The third-order valence-corrected chi connectivity index (χ3v) is 3.13. The van der Waals surface area contributed by atoms with Gasteiger partial charge in [0.05, 0.1) is 5.39 Å². The van der Waals surface area contributed by atoms with E-state index in [1.807, 2.05) is 13.0 Å². The number of aryl methyl sites for hydroxylation is 1. The van der Waals surface area contributed by atoms with Crippen molar-refractivity contribution in [3.8, 4) is 5.75 Å². The van der Waals surface area contributed by atoms with Gasteiger partial charge in [0, 0.05) is 5.56 Å². The lowest BCUT2D eigenvalue weighted by Gasteiger charge is -1.98. The number of hydrogen-bond acceptors (Lipinski definition) is 3. The third-order valence-electron chi connectivity index (χ3n) is 3.13. The second-order valence-electron chi connectivity index (χ2n) is 4.62. The van der Waals surface area contributed by atoms with Gasteiger partial charge in [0.25, 0.3) is 0 Å². The number of ketones is 1. The summed E-state index contributed by atoms with van der Waals surface area (Å²) in [5, 5.41) is 10.6. The van der Waals surface area contributed by atoms with Gasteiger partial charge in [-0.25, -0.2) is 4.39 Å². The fourth-order valence-electron chi connectivity index (χ4n) is 2.08. The van der Waals surface area contributed by atoms with E-state index in [1.165, 1.54) is 24.3 Å². The Hall–Kier alpha value is -2.62. The summed E-state index contributed by atoms with van der Waals surface area (Å²) in [4.78, 5) is 12.3. The van der Waals surface area contributed by atoms with Crippen molar-refractivity contribution in [1.29, 1.82) is 0 Å². The summed E-state index contributed by atoms with van der Waals surface area (Å²) < 4.78 is 18.3. The Morgan fingerprint density at radius 2 is 1.85 bits per heavy atom. The Labute approximate surface area is 114 Å². The lowest BCUT2D eigenvalue weighted by molar-refractivity contribution is 0.101. The maximum Gasteiger partial charge on any atom is 0.232 e. The number of carbonyl (C=O) groups is 1. The number of furan rings is 1. The van der Waals surface area contributed by atoms with Gasteiger partial charge in [-0.2, -0.15) is 0 Å². The first-order valence-corrected chi connectivity index (χ1v) is 6.08. The highest BCUT2D eigenvalue weighted by molar-refractivity contribution is 6.11. The van der Waals surface area contributed by atoms with Crippen LogP contribution in [0.3, 0.4) is 0 Å². The summed E-state index contributed by atoms with van der Waals surface area (Å²) in [6, 6.07) is 10.4. The van der Waals surface area contributed by atoms with Crippen molar-refractivity contribution in [3.63, 3.8) is 0 Å². The number of fused-ring (bicyclic) bond motifs is 1. The van der Waals surface area contributed by atoms with Crippen LogP contribution in [-0.4, -0.2) is 10.9 Å². The average molecular weight is 270 g/mol. The van der Waals surface area contributed by atoms with Crippen LogP contribution in [0.25, 0.3) is 11.0 Å². The summed E-state index contributed by atoms with van der Waals surface area (Å²) in [7, 11) is 0. The lowest BCUT2D eigenvalue weighted by atomic mass is 10.1. The molecule has 0 unspecified atom stereocenters. The Kier molecular flexibility index (Phi) is 2.79. The van der Waals surface area contributed by atoms with E-state index in [9.17, 15) is 14.3 Å². The highest BCUT2D eigenvalue weighted by Crippen LogP contribution is 2.33. The molecule has 3 rings (SSSR count). The maximum absolute atomic E-state index is 12.9. The molecule has 0 amide bonds. The van der Waals surface area contributed by atoms with Crippen molar-refractivity contribution in [1.82, 2.24) is 0 Å². The molecule has 3 aromatic rings. The van der Waals surface area contributed by atoms with E-state index in [0.717, 1.165) is 5.56 Å². The van der Waals surface area contributed by atoms with Crippen LogP contribution >= 0.6 is 0 Å². The van der Waals surface area contributed by atoms with E-state index < -0.39 is 11.6 Å². The van der Waals surface area contributed by atoms with Crippen LogP contribution in [0.4, 0.5) is 4.39 Å². The van der Waals surface area contributed by atoms with Crippen molar-refractivity contribution >= 4 is 16.8 Å². The highest BCUT2D eigenvalue weighted by Gasteiger charge is 2.21. The fraction of sp³-hybridized carbons (Fsp3) is 0.0625. The molecule has 100 valence electrons. The van der Waals surface area contributed by atoms with Gasteiger partial charge in [0.1, 0.15) is 11.4 Å². The van der Waals surface area contributed by atoms with Gasteiger partial charge in [-0.05, 0) is 48.9 Å². The molecule has 0 spiro atoms. The lowest BCUT2D eigenvalue weighted by Crippen LogP contribution is -1.99. The molecule has 0 atom stereocenters. The molecule has 0 radical (unpaired) electrons. The van der Waals surface area contributed by atoms with Gasteiger partial charge < -0.3 is 9.52 Å². The molecular formula is C16H11FO3. The second-order valence-corrected chi connectivity index (χ2v) is 4.62. The molecule has 0 bridgehead atoms. The van der Waals surface area contributed by atoms with Crippen molar-refractivity contribution in [3.05, 3.63) is 65.2 Å². The molecular weight excluding hydrogens is 259 g/mol. The molecule has 1 heterocycles. The molecule has 1 aromatic heterocycles. The number of halogens is 1. The summed E-state index contributed by atoms with van der Waals surface area (Å²) in [6.07, 6.45) is 0. The van der Waals surface area contributed by atoms with E-state index in [2.05, 4.69) is 0 Å². The molecule has 0 aliphatic rings. The molecule has 1 N–H and O–H groups in total. The van der Waals surface area contributed by atoms with Crippen molar-refractivity contribution in [2.24, 2.45) is 0 Å². The molecule has 20 heavy (non-hydrogen) atoms. The maximum atomic E-state index is 12.9. The zero-order valence-electron chi connectivity index (χ0n) is 10.7. The Balaban J connectivity index is 2.12. The first-order chi connectivity index (χ1) is 9.56. The van der Waals surface area contributed by atoms with Crippen LogP contribution in [0.15, 0.2) is 46.9 Å². The van der Waals surface area contributed by atoms with Gasteiger partial charge in [-0.15, -0.1) is 0 Å². The minimum Gasteiger partial charge on any atom is -0.504 e. The van der Waals surface area contributed by atoms with Crippen LogP contribution in [0.5, 0.6) is 5.75 Å². The number of hydrogen-bond donors (Lipinski definition) is 1. The van der Waals surface area contributed by atoms with Gasteiger partial charge in [0.2, 0.25) is 11.5 Å². The second kappa shape index (κ2) is 4.49. The summed E-state index contributed by atoms with van der Waals surface area (Å²) in [6.45, 7) is 1.89. The van der Waals surface area contributed by atoms with Crippen LogP contribution < -0.4 is 0 Å². The van der Waals surface area contributed by atoms with Crippen molar-refractivity contribution < 1.29 is 18.7 Å². The molecule has 0 fully saturated rings. The Morgan fingerprint density at radius 1 is 1.15 bits per heavy atom. The summed E-state index contributed by atoms with van der Waals surface area (Å²) >= 11 is 0. The molecule has 4 heteroatoms. The number of carbonyl (C=O) groups excluding carboxylic acids is 1. The highest BCUT2D eigenvalue weighted by atomic mass is 19.1. The zero-order valence-corrected chi connectivity index (χ0v) is 10.7. The predicted octanol–water partition coefficient (Wildman–Crippen LogP) is 3.82. The van der Waals surface area contributed by atoms with Crippen molar-refractivity contribution in [2.75, 3.05) is 0 Å². The topological polar surface area (TPSA) is 50.4 Å². The van der Waals surface area contributed by atoms with E-state index in [4.69, 9.17) is 4.42 Å². The number of rotatable bonds is 2.